The maximum absolute atomic E-state index is 12.9. The van der Waals surface area contributed by atoms with Crippen molar-refractivity contribution in [3.63, 3.8) is 0 Å². The number of aromatic nitrogens is 1. The van der Waals surface area contributed by atoms with Gasteiger partial charge in [0.25, 0.3) is 5.91 Å². The van der Waals surface area contributed by atoms with E-state index >= 15 is 0 Å². The highest BCUT2D eigenvalue weighted by atomic mass is 16.5. The molecule has 0 aromatic carbocycles. The van der Waals surface area contributed by atoms with Gasteiger partial charge in [0.1, 0.15) is 11.9 Å². The summed E-state index contributed by atoms with van der Waals surface area (Å²) in [6.07, 6.45) is 13.3. The van der Waals surface area contributed by atoms with Crippen LogP contribution in [-0.4, -0.2) is 29.6 Å². The lowest BCUT2D eigenvalue weighted by Gasteiger charge is -2.22. The maximum Gasteiger partial charge on any atom is 0.334 e. The molecule has 25 heavy (non-hydrogen) atoms. The largest absolute Gasteiger partial charge is 0.466 e. The monoisotopic (exact) mass is 336 g/mol. The molecule has 3 heterocycles. The Morgan fingerprint density at radius 3 is 2.72 bits per heavy atom. The molecular formula is C20H20N2O3. The van der Waals surface area contributed by atoms with Gasteiger partial charge in [-0.1, -0.05) is 42.5 Å². The summed E-state index contributed by atoms with van der Waals surface area (Å²) in [7, 11) is 1.39. The van der Waals surface area contributed by atoms with Crippen LogP contribution in [0.1, 0.15) is 37.1 Å². The van der Waals surface area contributed by atoms with Crippen LogP contribution in [0.3, 0.4) is 0 Å². The van der Waals surface area contributed by atoms with Crippen molar-refractivity contribution < 1.29 is 14.3 Å². The molecule has 2 unspecified atom stereocenters. The summed E-state index contributed by atoms with van der Waals surface area (Å²) in [4.78, 5) is 27.1. The highest BCUT2D eigenvalue weighted by Gasteiger charge is 2.42. The lowest BCUT2D eigenvalue weighted by Crippen LogP contribution is -2.35. The van der Waals surface area contributed by atoms with E-state index in [1.165, 1.54) is 7.11 Å². The van der Waals surface area contributed by atoms with Crippen LogP contribution in [0.25, 0.3) is 6.08 Å². The first kappa shape index (κ1) is 15.7. The summed E-state index contributed by atoms with van der Waals surface area (Å²) in [5, 5.41) is 0. The number of carbonyl (C=O) groups is 2. The molecule has 0 N–H and O–H groups in total. The number of anilines is 1. The van der Waals surface area contributed by atoms with E-state index in [9.17, 15) is 9.59 Å². The summed E-state index contributed by atoms with van der Waals surface area (Å²) < 4.78 is 7.05. The van der Waals surface area contributed by atoms with Crippen molar-refractivity contribution in [2.24, 2.45) is 0 Å². The molecule has 1 aromatic rings. The van der Waals surface area contributed by atoms with E-state index in [-0.39, 0.29) is 29.9 Å². The molecule has 5 nitrogen and oxygen atoms in total. The topological polar surface area (TPSA) is 51.5 Å². The Kier molecular flexibility index (Phi) is 3.53. The molecule has 0 radical (unpaired) electrons. The predicted molar refractivity (Wildman–Crippen MR) is 96.2 cm³/mol. The molecule has 128 valence electrons. The second-order valence-electron chi connectivity index (χ2n) is 6.68. The van der Waals surface area contributed by atoms with E-state index in [4.69, 9.17) is 4.74 Å². The van der Waals surface area contributed by atoms with E-state index in [0.29, 0.717) is 5.57 Å². The van der Waals surface area contributed by atoms with E-state index < -0.39 is 0 Å². The van der Waals surface area contributed by atoms with Crippen LogP contribution >= 0.6 is 0 Å². The van der Waals surface area contributed by atoms with Gasteiger partial charge in [0, 0.05) is 17.3 Å². The summed E-state index contributed by atoms with van der Waals surface area (Å²) in [6, 6.07) is 1.73. The van der Waals surface area contributed by atoms with Crippen molar-refractivity contribution >= 4 is 23.8 Å². The minimum absolute atomic E-state index is 0.0647. The van der Waals surface area contributed by atoms with Crippen molar-refractivity contribution in [2.45, 2.75) is 31.8 Å². The number of nitrogens with zero attached hydrogens (tertiary/aromatic N) is 2. The Bertz CT molecular complexity index is 883. The van der Waals surface area contributed by atoms with Crippen LogP contribution in [0.15, 0.2) is 48.1 Å². The van der Waals surface area contributed by atoms with Crippen molar-refractivity contribution in [3.05, 3.63) is 59.4 Å². The number of allylic oxidation sites excluding steroid dienone is 5. The molecule has 1 aromatic heterocycles. The van der Waals surface area contributed by atoms with Crippen molar-refractivity contribution in [1.29, 1.82) is 0 Å². The van der Waals surface area contributed by atoms with Gasteiger partial charge < -0.3 is 9.30 Å². The van der Waals surface area contributed by atoms with Crippen LogP contribution in [0.4, 0.5) is 5.82 Å². The Labute approximate surface area is 146 Å². The molecule has 0 spiro atoms. The zero-order valence-electron chi connectivity index (χ0n) is 14.5. The zero-order valence-corrected chi connectivity index (χ0v) is 14.5. The molecular weight excluding hydrogens is 316 g/mol. The number of hydrogen-bond acceptors (Lipinski definition) is 3. The van der Waals surface area contributed by atoms with E-state index in [1.54, 1.807) is 12.2 Å². The lowest BCUT2D eigenvalue weighted by molar-refractivity contribution is -0.136. The average molecular weight is 336 g/mol. The second kappa shape index (κ2) is 5.62. The number of methoxy groups -OCH3 is 1. The van der Waals surface area contributed by atoms with Gasteiger partial charge in [-0.3, -0.25) is 9.69 Å². The lowest BCUT2D eigenvalue weighted by atomic mass is 9.91. The average Bonchev–Trinajstić information content (AvgIpc) is 2.94. The molecule has 0 saturated heterocycles. The first-order valence-corrected chi connectivity index (χ1v) is 8.44. The van der Waals surface area contributed by atoms with Crippen molar-refractivity contribution in [3.8, 4) is 0 Å². The number of carbonyl (C=O) groups excluding carboxylic acids is 2. The highest BCUT2D eigenvalue weighted by molar-refractivity contribution is 6.02. The summed E-state index contributed by atoms with van der Waals surface area (Å²) in [5.74, 6) is 0.343. The van der Waals surface area contributed by atoms with Crippen LogP contribution in [0.2, 0.25) is 0 Å². The van der Waals surface area contributed by atoms with Gasteiger partial charge in [0.05, 0.1) is 13.0 Å². The fourth-order valence-electron chi connectivity index (χ4n) is 3.90. The Balaban J connectivity index is 2.00. The van der Waals surface area contributed by atoms with Crippen molar-refractivity contribution in [1.82, 2.24) is 4.57 Å². The summed E-state index contributed by atoms with van der Waals surface area (Å²) >= 11 is 0. The quantitative estimate of drug-likeness (QED) is 0.780. The minimum atomic E-state index is -0.376. The predicted octanol–water partition coefficient (Wildman–Crippen LogP) is 3.12. The molecule has 4 rings (SSSR count). The van der Waals surface area contributed by atoms with E-state index in [0.717, 1.165) is 17.1 Å². The third-order valence-electron chi connectivity index (χ3n) is 4.93. The third-order valence-corrected chi connectivity index (χ3v) is 4.93. The molecule has 3 aliphatic rings. The maximum atomic E-state index is 12.9. The first-order valence-electron chi connectivity index (χ1n) is 8.44. The summed E-state index contributed by atoms with van der Waals surface area (Å²) in [5.41, 5.74) is 2.55. The Morgan fingerprint density at radius 2 is 2.00 bits per heavy atom. The standard InChI is InChI=1S/C20H20N2O3/c1-12(2)21-17-11-13-7-4-5-8-14-15(20(24)25-3)9-6-10-16(19(21)23)22(17)18(13)14/h4-12,14,16H,1-3H3/b10-6-,15-9+. The summed E-state index contributed by atoms with van der Waals surface area (Å²) in [6.45, 7) is 4.02. The van der Waals surface area contributed by atoms with Crippen LogP contribution in [-0.2, 0) is 14.3 Å². The van der Waals surface area contributed by atoms with Gasteiger partial charge in [0.2, 0.25) is 0 Å². The molecule has 1 aliphatic carbocycles. The smallest absolute Gasteiger partial charge is 0.334 e. The fourth-order valence-corrected chi connectivity index (χ4v) is 3.90. The Hall–Kier alpha value is -2.82. The van der Waals surface area contributed by atoms with E-state index in [1.807, 2.05) is 55.2 Å². The van der Waals surface area contributed by atoms with Gasteiger partial charge in [-0.25, -0.2) is 4.79 Å². The molecule has 5 heteroatoms. The number of hydrogen-bond donors (Lipinski definition) is 0. The van der Waals surface area contributed by atoms with Crippen LogP contribution in [0.5, 0.6) is 0 Å². The molecule has 0 fully saturated rings. The van der Waals surface area contributed by atoms with Gasteiger partial charge >= 0.3 is 5.97 Å². The minimum Gasteiger partial charge on any atom is -0.466 e. The molecule has 2 aliphatic heterocycles. The first-order chi connectivity index (χ1) is 12.0. The van der Waals surface area contributed by atoms with Gasteiger partial charge in [-0.2, -0.15) is 0 Å². The molecule has 1 amide bonds. The Morgan fingerprint density at radius 1 is 1.20 bits per heavy atom. The number of esters is 1. The van der Waals surface area contributed by atoms with Gasteiger partial charge in [0.15, 0.2) is 0 Å². The highest BCUT2D eigenvalue weighted by Crippen LogP contribution is 2.45. The fraction of sp³-hybridized carbons (Fsp3) is 0.300. The number of rotatable bonds is 2. The van der Waals surface area contributed by atoms with Crippen molar-refractivity contribution in [2.75, 3.05) is 12.0 Å². The van der Waals surface area contributed by atoms with Crippen LogP contribution < -0.4 is 4.90 Å². The van der Waals surface area contributed by atoms with Crippen LogP contribution in [0, 0.1) is 0 Å². The number of ether oxygens (including phenoxy) is 1. The normalized spacial score (nSPS) is 26.6. The molecule has 0 bridgehead atoms. The molecule has 0 saturated carbocycles. The van der Waals surface area contributed by atoms with Gasteiger partial charge in [-0.15, -0.1) is 0 Å². The van der Waals surface area contributed by atoms with E-state index in [2.05, 4.69) is 4.57 Å². The third kappa shape index (κ3) is 2.15. The second-order valence-corrected chi connectivity index (χ2v) is 6.68. The number of amides is 1. The zero-order chi connectivity index (χ0) is 17.7. The van der Waals surface area contributed by atoms with Gasteiger partial charge in [-0.05, 0) is 25.5 Å². The SMILES string of the molecule is COC(=O)/C1=C/C=C\C2C(=O)N(C(C)C)c3cc4c(n32)C1C=CC=C4. The molecule has 2 atom stereocenters.